The number of hydrogen-bond acceptors (Lipinski definition) is 2. The van der Waals surface area contributed by atoms with Crippen LogP contribution in [0, 0.1) is 11.8 Å². The van der Waals surface area contributed by atoms with E-state index < -0.39 is 0 Å². The van der Waals surface area contributed by atoms with Gasteiger partial charge in [0, 0.05) is 12.1 Å². The Morgan fingerprint density at radius 1 is 0.875 bits per heavy atom. The van der Waals surface area contributed by atoms with Crippen molar-refractivity contribution in [2.24, 2.45) is 23.3 Å². The van der Waals surface area contributed by atoms with E-state index in [0.717, 1.165) is 18.3 Å². The minimum Gasteiger partial charge on any atom is -0.327 e. The first kappa shape index (κ1) is 4.77. The summed E-state index contributed by atoms with van der Waals surface area (Å²) in [6.07, 6.45) is 2.37. The first-order valence-corrected chi connectivity index (χ1v) is 3.30. The molecule has 0 radical (unpaired) electrons. The maximum Gasteiger partial charge on any atom is 0.00853 e. The molecule has 0 amide bonds. The lowest BCUT2D eigenvalue weighted by atomic mass is 10.1. The highest BCUT2D eigenvalue weighted by Crippen LogP contribution is 2.50. The van der Waals surface area contributed by atoms with Gasteiger partial charge in [0.05, 0.1) is 0 Å². The maximum absolute atomic E-state index is 5.73. The summed E-state index contributed by atoms with van der Waals surface area (Å²) in [6, 6.07) is 0.880. The molecule has 2 unspecified atom stereocenters. The van der Waals surface area contributed by atoms with Gasteiger partial charge < -0.3 is 11.5 Å². The van der Waals surface area contributed by atoms with Crippen LogP contribution in [-0.2, 0) is 0 Å². The van der Waals surface area contributed by atoms with E-state index in [0.29, 0.717) is 12.1 Å². The molecule has 0 aromatic heterocycles. The van der Waals surface area contributed by atoms with Crippen molar-refractivity contribution < 1.29 is 0 Å². The lowest BCUT2D eigenvalue weighted by molar-refractivity contribution is 0.566. The zero-order chi connectivity index (χ0) is 5.72. The first-order valence-electron chi connectivity index (χ1n) is 3.30. The van der Waals surface area contributed by atoms with Gasteiger partial charge in [0.25, 0.3) is 0 Å². The predicted molar refractivity (Wildman–Crippen MR) is 32.2 cm³/mol. The second-order valence-electron chi connectivity index (χ2n) is 3.13. The van der Waals surface area contributed by atoms with E-state index in [1.807, 2.05) is 0 Å². The molecule has 0 aliphatic heterocycles. The van der Waals surface area contributed by atoms with Crippen LogP contribution in [0.4, 0.5) is 0 Å². The van der Waals surface area contributed by atoms with Gasteiger partial charge in [0.15, 0.2) is 0 Å². The molecule has 8 heavy (non-hydrogen) atoms. The van der Waals surface area contributed by atoms with E-state index in [1.165, 1.54) is 6.42 Å². The maximum atomic E-state index is 5.73. The minimum atomic E-state index is 0.440. The van der Waals surface area contributed by atoms with Crippen molar-refractivity contribution in [1.82, 2.24) is 0 Å². The van der Waals surface area contributed by atoms with Gasteiger partial charge in [-0.15, -0.1) is 0 Å². The van der Waals surface area contributed by atoms with Gasteiger partial charge in [0.1, 0.15) is 0 Å². The Balaban J connectivity index is 2.09. The van der Waals surface area contributed by atoms with Crippen LogP contribution >= 0.6 is 0 Å². The number of rotatable bonds is 0. The molecule has 46 valence electrons. The van der Waals surface area contributed by atoms with Crippen molar-refractivity contribution >= 4 is 0 Å². The standard InChI is InChI=1S/C6H12N2/c7-5-2-6(8)4-1-3(4)5/h3-6H,1-2,7-8H2/t3?,4?,5-,6+. The molecule has 2 saturated carbocycles. The van der Waals surface area contributed by atoms with Crippen molar-refractivity contribution in [3.63, 3.8) is 0 Å². The van der Waals surface area contributed by atoms with E-state index in [2.05, 4.69) is 0 Å². The van der Waals surface area contributed by atoms with Gasteiger partial charge in [-0.2, -0.15) is 0 Å². The summed E-state index contributed by atoms with van der Waals surface area (Å²) in [5.74, 6) is 1.62. The molecule has 0 aromatic carbocycles. The molecule has 4 N–H and O–H groups in total. The summed E-state index contributed by atoms with van der Waals surface area (Å²) < 4.78 is 0. The largest absolute Gasteiger partial charge is 0.327 e. The third-order valence-electron chi connectivity index (χ3n) is 2.54. The van der Waals surface area contributed by atoms with Crippen molar-refractivity contribution in [3.8, 4) is 0 Å². The fraction of sp³-hybridized carbons (Fsp3) is 1.00. The van der Waals surface area contributed by atoms with Gasteiger partial charge in [-0.3, -0.25) is 0 Å². The smallest absolute Gasteiger partial charge is 0.00853 e. The molecule has 2 rings (SSSR count). The molecule has 0 heterocycles. The Hall–Kier alpha value is -0.0800. The van der Waals surface area contributed by atoms with E-state index in [4.69, 9.17) is 11.5 Å². The second-order valence-corrected chi connectivity index (χ2v) is 3.13. The Morgan fingerprint density at radius 3 is 1.50 bits per heavy atom. The van der Waals surface area contributed by atoms with Crippen LogP contribution in [0.5, 0.6) is 0 Å². The van der Waals surface area contributed by atoms with Crippen molar-refractivity contribution in [1.29, 1.82) is 0 Å². The topological polar surface area (TPSA) is 52.0 Å². The predicted octanol–water partition coefficient (Wildman–Crippen LogP) is -0.319. The zero-order valence-electron chi connectivity index (χ0n) is 4.88. The van der Waals surface area contributed by atoms with Gasteiger partial charge in [-0.1, -0.05) is 0 Å². The third-order valence-corrected chi connectivity index (χ3v) is 2.54. The van der Waals surface area contributed by atoms with Crippen LogP contribution in [0.1, 0.15) is 12.8 Å². The normalized spacial score (nSPS) is 60.8. The van der Waals surface area contributed by atoms with Crippen molar-refractivity contribution in [3.05, 3.63) is 0 Å². The van der Waals surface area contributed by atoms with E-state index in [-0.39, 0.29) is 0 Å². The quantitative estimate of drug-likeness (QED) is 0.451. The Bertz CT molecular complexity index is 97.1. The highest BCUT2D eigenvalue weighted by molar-refractivity contribution is 5.06. The monoisotopic (exact) mass is 112 g/mol. The SMILES string of the molecule is N[C@@H]1C[C@H](N)C2CC21. The third kappa shape index (κ3) is 0.446. The zero-order valence-corrected chi connectivity index (χ0v) is 4.88. The molecule has 0 aromatic rings. The van der Waals surface area contributed by atoms with Gasteiger partial charge in [0.2, 0.25) is 0 Å². The molecule has 0 spiro atoms. The molecule has 2 aliphatic carbocycles. The van der Waals surface area contributed by atoms with E-state index in [9.17, 15) is 0 Å². The summed E-state index contributed by atoms with van der Waals surface area (Å²) in [5, 5.41) is 0. The summed E-state index contributed by atoms with van der Waals surface area (Å²) in [7, 11) is 0. The summed E-state index contributed by atoms with van der Waals surface area (Å²) in [5.41, 5.74) is 11.5. The first-order chi connectivity index (χ1) is 3.79. The van der Waals surface area contributed by atoms with Crippen LogP contribution in [0.2, 0.25) is 0 Å². The fourth-order valence-corrected chi connectivity index (χ4v) is 1.88. The average Bonchev–Trinajstić information content (AvgIpc) is 2.35. The molecular formula is C6H12N2. The highest BCUT2D eigenvalue weighted by Gasteiger charge is 2.51. The van der Waals surface area contributed by atoms with Crippen molar-refractivity contribution in [2.75, 3.05) is 0 Å². The summed E-state index contributed by atoms with van der Waals surface area (Å²) in [4.78, 5) is 0. The number of fused-ring (bicyclic) bond motifs is 1. The van der Waals surface area contributed by atoms with Crippen LogP contribution in [0.15, 0.2) is 0 Å². The Kier molecular flexibility index (Phi) is 0.746. The minimum absolute atomic E-state index is 0.440. The highest BCUT2D eigenvalue weighted by atomic mass is 14.8. The lowest BCUT2D eigenvalue weighted by Crippen LogP contribution is -2.26. The van der Waals surface area contributed by atoms with Crippen LogP contribution in [0.3, 0.4) is 0 Å². The van der Waals surface area contributed by atoms with E-state index >= 15 is 0 Å². The second kappa shape index (κ2) is 1.25. The molecule has 0 saturated heterocycles. The van der Waals surface area contributed by atoms with Crippen molar-refractivity contribution in [2.45, 2.75) is 24.9 Å². The van der Waals surface area contributed by atoms with Crippen LogP contribution < -0.4 is 11.5 Å². The van der Waals surface area contributed by atoms with Crippen LogP contribution in [-0.4, -0.2) is 12.1 Å². The van der Waals surface area contributed by atoms with Gasteiger partial charge in [-0.05, 0) is 24.7 Å². The van der Waals surface area contributed by atoms with Crippen LogP contribution in [0.25, 0.3) is 0 Å². The molecule has 2 heteroatoms. The van der Waals surface area contributed by atoms with E-state index in [1.54, 1.807) is 0 Å². The van der Waals surface area contributed by atoms with Gasteiger partial charge in [-0.25, -0.2) is 0 Å². The molecule has 2 aliphatic rings. The molecular weight excluding hydrogens is 100 g/mol. The molecule has 2 fully saturated rings. The molecule has 2 nitrogen and oxygen atoms in total. The Morgan fingerprint density at radius 2 is 1.38 bits per heavy atom. The number of hydrogen-bond donors (Lipinski definition) is 2. The number of nitrogens with two attached hydrogens (primary N) is 2. The van der Waals surface area contributed by atoms with Gasteiger partial charge >= 0.3 is 0 Å². The fourth-order valence-electron chi connectivity index (χ4n) is 1.88. The summed E-state index contributed by atoms with van der Waals surface area (Å²) in [6.45, 7) is 0. The average molecular weight is 112 g/mol. The molecule has 4 atom stereocenters. The lowest BCUT2D eigenvalue weighted by Gasteiger charge is -2.05. The molecule has 0 bridgehead atoms. The summed E-state index contributed by atoms with van der Waals surface area (Å²) >= 11 is 0. The Labute approximate surface area is 49.2 Å².